The number of hydrogen-bond acceptors (Lipinski definition) is 1. The molecule has 0 aliphatic carbocycles. The Bertz CT molecular complexity index is 643. The molecule has 102 valence electrons. The van der Waals surface area contributed by atoms with Gasteiger partial charge in [0, 0.05) is 12.4 Å². The van der Waals surface area contributed by atoms with Crippen LogP contribution in [0.25, 0.3) is 11.1 Å². The first-order valence-corrected chi connectivity index (χ1v) is 7.05. The molecule has 0 fully saturated rings. The van der Waals surface area contributed by atoms with Gasteiger partial charge in [0.05, 0.1) is 0 Å². The van der Waals surface area contributed by atoms with Gasteiger partial charge in [-0.3, -0.25) is 4.98 Å². The van der Waals surface area contributed by atoms with Gasteiger partial charge in [0.1, 0.15) is 0 Å². The summed E-state index contributed by atoms with van der Waals surface area (Å²) in [4.78, 5) is 4.34. The number of aryl methyl sites for hydroxylation is 3. The molecule has 0 radical (unpaired) electrons. The molecule has 0 saturated carbocycles. The Balaban J connectivity index is 2.57. The lowest BCUT2D eigenvalue weighted by Crippen LogP contribution is -1.87. The van der Waals surface area contributed by atoms with Crippen molar-refractivity contribution < 1.29 is 0 Å². The molecule has 0 aliphatic rings. The highest BCUT2D eigenvalue weighted by atomic mass is 14.6. The van der Waals surface area contributed by atoms with E-state index in [1.54, 1.807) is 0 Å². The average Bonchev–Trinajstić information content (AvgIpc) is 2.46. The lowest BCUT2D eigenvalue weighted by Gasteiger charge is -2.06. The van der Waals surface area contributed by atoms with Crippen molar-refractivity contribution in [1.29, 1.82) is 0 Å². The third-order valence-electron chi connectivity index (χ3n) is 3.45. The first-order valence-electron chi connectivity index (χ1n) is 7.05. The molecule has 1 aromatic carbocycles. The number of aromatic nitrogens is 1. The minimum absolute atomic E-state index is 1.06. The summed E-state index contributed by atoms with van der Waals surface area (Å²) < 4.78 is 0. The largest absolute Gasteiger partial charge is 0.264 e. The van der Waals surface area contributed by atoms with Crippen molar-refractivity contribution in [2.75, 3.05) is 0 Å². The Hall–Kier alpha value is -2.15. The first kappa shape index (κ1) is 14.3. The van der Waals surface area contributed by atoms with Gasteiger partial charge in [0.15, 0.2) is 0 Å². The van der Waals surface area contributed by atoms with E-state index in [0.29, 0.717) is 0 Å². The Morgan fingerprint density at radius 3 is 2.50 bits per heavy atom. The Morgan fingerprint density at radius 1 is 0.900 bits per heavy atom. The predicted octanol–water partition coefficient (Wildman–Crippen LogP) is 5.05. The summed E-state index contributed by atoms with van der Waals surface area (Å²) in [7, 11) is 0. The van der Waals surface area contributed by atoms with Gasteiger partial charge in [0.25, 0.3) is 0 Å². The molecule has 20 heavy (non-hydrogen) atoms. The second kappa shape index (κ2) is 6.85. The smallest absolute Gasteiger partial charge is 0.0346 e. The van der Waals surface area contributed by atoms with E-state index in [0.717, 1.165) is 12.0 Å². The quantitative estimate of drug-likeness (QED) is 0.738. The SMILES string of the molecule is CCc1cc(-c2ccc(C)ccccnc2)ccc1C. The van der Waals surface area contributed by atoms with Crippen LogP contribution >= 0.6 is 0 Å². The molecular weight excluding hydrogens is 242 g/mol. The molecule has 0 spiro atoms. The summed E-state index contributed by atoms with van der Waals surface area (Å²) in [6.45, 7) is 6.46. The molecule has 2 rings (SSSR count). The first-order chi connectivity index (χ1) is 9.70. The Morgan fingerprint density at radius 2 is 1.70 bits per heavy atom. The maximum Gasteiger partial charge on any atom is 0.0346 e. The van der Waals surface area contributed by atoms with E-state index in [4.69, 9.17) is 0 Å². The van der Waals surface area contributed by atoms with Crippen LogP contribution in [0.5, 0.6) is 0 Å². The molecule has 1 nitrogen and oxygen atoms in total. The van der Waals surface area contributed by atoms with Gasteiger partial charge in [-0.05, 0) is 48.6 Å². The van der Waals surface area contributed by atoms with Crippen molar-refractivity contribution >= 4 is 0 Å². The van der Waals surface area contributed by atoms with Gasteiger partial charge in [-0.15, -0.1) is 0 Å². The zero-order valence-electron chi connectivity index (χ0n) is 12.4. The van der Waals surface area contributed by atoms with Crippen LogP contribution in [0.4, 0.5) is 0 Å². The summed E-state index contributed by atoms with van der Waals surface area (Å²) >= 11 is 0. The second-order valence-electron chi connectivity index (χ2n) is 5.01. The highest BCUT2D eigenvalue weighted by molar-refractivity contribution is 5.63. The van der Waals surface area contributed by atoms with Gasteiger partial charge in [0.2, 0.25) is 0 Å². The summed E-state index contributed by atoms with van der Waals surface area (Å²) in [5.74, 6) is 0. The standard InChI is InChI=1S/C19H21N/c1-4-17-13-18(11-9-16(17)3)19-10-8-15(2)7-5-6-12-20-14-19/h5-14H,4H2,1-3H3. The van der Waals surface area contributed by atoms with Crippen LogP contribution in [0.3, 0.4) is 0 Å². The van der Waals surface area contributed by atoms with Crippen molar-refractivity contribution in [1.82, 2.24) is 4.98 Å². The van der Waals surface area contributed by atoms with Gasteiger partial charge < -0.3 is 0 Å². The summed E-state index contributed by atoms with van der Waals surface area (Å²) in [5, 5.41) is 0. The van der Waals surface area contributed by atoms with Crippen LogP contribution in [0.2, 0.25) is 0 Å². The van der Waals surface area contributed by atoms with E-state index in [-0.39, 0.29) is 0 Å². The average molecular weight is 263 g/mol. The minimum Gasteiger partial charge on any atom is -0.264 e. The fraction of sp³-hybridized carbons (Fsp3) is 0.211. The van der Waals surface area contributed by atoms with Crippen molar-refractivity contribution in [3.63, 3.8) is 0 Å². The molecule has 1 heterocycles. The van der Waals surface area contributed by atoms with Crippen LogP contribution in [0, 0.1) is 13.8 Å². The van der Waals surface area contributed by atoms with Crippen molar-refractivity contribution in [3.05, 3.63) is 77.6 Å². The third-order valence-corrected chi connectivity index (χ3v) is 3.45. The number of benzene rings is 1. The van der Waals surface area contributed by atoms with E-state index >= 15 is 0 Å². The molecule has 0 bridgehead atoms. The summed E-state index contributed by atoms with van der Waals surface area (Å²) in [6, 6.07) is 16.9. The van der Waals surface area contributed by atoms with Crippen molar-refractivity contribution in [2.45, 2.75) is 27.2 Å². The molecule has 0 atom stereocenters. The zero-order valence-corrected chi connectivity index (χ0v) is 12.4. The van der Waals surface area contributed by atoms with Crippen LogP contribution in [-0.2, 0) is 6.42 Å². The molecule has 1 heteroatoms. The number of rotatable bonds is 2. The molecule has 0 aliphatic heterocycles. The maximum absolute atomic E-state index is 4.34. The van der Waals surface area contributed by atoms with E-state index in [1.807, 2.05) is 24.5 Å². The van der Waals surface area contributed by atoms with Gasteiger partial charge in [-0.25, -0.2) is 0 Å². The Kier molecular flexibility index (Phi) is 4.89. The fourth-order valence-electron chi connectivity index (χ4n) is 2.15. The van der Waals surface area contributed by atoms with Crippen LogP contribution in [0.15, 0.2) is 60.9 Å². The lowest BCUT2D eigenvalue weighted by molar-refractivity contribution is 1.11. The maximum atomic E-state index is 4.34. The topological polar surface area (TPSA) is 12.9 Å². The summed E-state index contributed by atoms with van der Waals surface area (Å²) in [5.41, 5.74) is 6.33. The van der Waals surface area contributed by atoms with E-state index in [9.17, 15) is 0 Å². The van der Waals surface area contributed by atoms with E-state index < -0.39 is 0 Å². The third kappa shape index (κ3) is 3.67. The number of nitrogens with zero attached hydrogens (tertiary/aromatic N) is 1. The van der Waals surface area contributed by atoms with Crippen molar-refractivity contribution in [2.24, 2.45) is 0 Å². The predicted molar refractivity (Wildman–Crippen MR) is 86.2 cm³/mol. The molecule has 0 saturated heterocycles. The molecule has 1 aromatic heterocycles. The van der Waals surface area contributed by atoms with Crippen LogP contribution in [0.1, 0.15) is 23.6 Å². The second-order valence-corrected chi connectivity index (χ2v) is 5.01. The monoisotopic (exact) mass is 263 g/mol. The highest BCUT2D eigenvalue weighted by Crippen LogP contribution is 2.21. The minimum atomic E-state index is 1.06. The van der Waals surface area contributed by atoms with Gasteiger partial charge in [-0.2, -0.15) is 0 Å². The summed E-state index contributed by atoms with van der Waals surface area (Å²) in [6.07, 6.45) is 4.79. The molecule has 0 unspecified atom stereocenters. The molecule has 2 aromatic rings. The Labute approximate surface area is 121 Å². The molecular formula is C19H21N. The van der Waals surface area contributed by atoms with Gasteiger partial charge in [-0.1, -0.05) is 55.0 Å². The lowest BCUT2D eigenvalue weighted by atomic mass is 9.99. The number of hydrogen-bond donors (Lipinski definition) is 0. The van der Waals surface area contributed by atoms with Crippen molar-refractivity contribution in [3.8, 4) is 11.1 Å². The normalized spacial score (nSPS) is 9.95. The highest BCUT2D eigenvalue weighted by Gasteiger charge is 2.00. The van der Waals surface area contributed by atoms with E-state index in [1.165, 1.54) is 22.3 Å². The fourth-order valence-corrected chi connectivity index (χ4v) is 2.15. The van der Waals surface area contributed by atoms with Gasteiger partial charge >= 0.3 is 0 Å². The molecule has 0 amide bonds. The molecule has 0 N–H and O–H groups in total. The van der Waals surface area contributed by atoms with E-state index in [2.05, 4.69) is 62.2 Å². The van der Waals surface area contributed by atoms with Crippen LogP contribution < -0.4 is 0 Å². The van der Waals surface area contributed by atoms with Crippen LogP contribution in [-0.4, -0.2) is 4.98 Å². The zero-order chi connectivity index (χ0) is 14.4.